The fraction of sp³-hybridized carbons (Fsp3) is 0.833. The Bertz CT molecular complexity index is 398. The number of hydrogen-bond donors (Lipinski definition) is 2. The number of amides is 4. The standard InChI is InChI=1S/C12H18N4O4/c17-5-7-1-13-9-10-15(11(13)19)3-8(6-18)4-16(10)12(20)14(9)2-7/h7-10,17-18H,1-6H2. The summed E-state index contributed by atoms with van der Waals surface area (Å²) in [5, 5.41) is 18.7. The van der Waals surface area contributed by atoms with Gasteiger partial charge in [-0.25, -0.2) is 9.59 Å². The van der Waals surface area contributed by atoms with E-state index in [1.807, 2.05) is 0 Å². The Labute approximate surface area is 116 Å². The molecule has 0 aromatic heterocycles. The second kappa shape index (κ2) is 3.98. The Morgan fingerprint density at radius 2 is 1.05 bits per heavy atom. The highest BCUT2D eigenvalue weighted by Crippen LogP contribution is 2.41. The Balaban J connectivity index is 1.73. The van der Waals surface area contributed by atoms with Gasteiger partial charge in [-0.15, -0.1) is 0 Å². The lowest BCUT2D eigenvalue weighted by Crippen LogP contribution is -2.57. The summed E-state index contributed by atoms with van der Waals surface area (Å²) in [4.78, 5) is 31.8. The molecule has 8 nitrogen and oxygen atoms in total. The smallest absolute Gasteiger partial charge is 0.323 e. The maximum absolute atomic E-state index is 12.5. The van der Waals surface area contributed by atoms with Crippen LogP contribution in [0.5, 0.6) is 0 Å². The van der Waals surface area contributed by atoms with Crippen molar-refractivity contribution in [3.63, 3.8) is 0 Å². The van der Waals surface area contributed by atoms with Crippen LogP contribution < -0.4 is 0 Å². The Hall–Kier alpha value is -1.54. The Morgan fingerprint density at radius 1 is 0.750 bits per heavy atom. The fourth-order valence-electron chi connectivity index (χ4n) is 3.97. The molecule has 4 rings (SSSR count). The Kier molecular flexibility index (Phi) is 2.43. The van der Waals surface area contributed by atoms with Gasteiger partial charge in [0.2, 0.25) is 0 Å². The average Bonchev–Trinajstić information content (AvgIpc) is 2.93. The zero-order valence-electron chi connectivity index (χ0n) is 11.1. The summed E-state index contributed by atoms with van der Waals surface area (Å²) in [6.45, 7) is 1.93. The van der Waals surface area contributed by atoms with Gasteiger partial charge in [-0.2, -0.15) is 0 Å². The number of carbonyl (C=O) groups is 2. The summed E-state index contributed by atoms with van der Waals surface area (Å²) in [5.41, 5.74) is 0. The molecule has 0 atom stereocenters. The van der Waals surface area contributed by atoms with Crippen molar-refractivity contribution in [2.45, 2.75) is 12.3 Å². The summed E-state index contributed by atoms with van der Waals surface area (Å²) in [7, 11) is 0. The predicted molar refractivity (Wildman–Crippen MR) is 66.3 cm³/mol. The van der Waals surface area contributed by atoms with Gasteiger partial charge in [-0.3, -0.25) is 19.6 Å². The van der Waals surface area contributed by atoms with Gasteiger partial charge in [0, 0.05) is 51.2 Å². The molecular formula is C12H18N4O4. The highest BCUT2D eigenvalue weighted by molar-refractivity contribution is 5.86. The lowest BCUT2D eigenvalue weighted by atomic mass is 10.1. The monoisotopic (exact) mass is 282 g/mol. The molecule has 0 saturated carbocycles. The predicted octanol–water partition coefficient (Wildman–Crippen LogP) is -1.64. The molecule has 0 aromatic carbocycles. The average molecular weight is 282 g/mol. The van der Waals surface area contributed by atoms with Crippen molar-refractivity contribution in [1.82, 2.24) is 19.6 Å². The zero-order chi connectivity index (χ0) is 14.0. The molecule has 20 heavy (non-hydrogen) atoms. The van der Waals surface area contributed by atoms with Crippen LogP contribution in [0.15, 0.2) is 0 Å². The molecule has 0 aliphatic carbocycles. The minimum absolute atomic E-state index is 0.0236. The number of urea groups is 2. The molecule has 110 valence electrons. The normalized spacial score (nSPS) is 38.9. The number of nitrogens with zero attached hydrogens (tertiary/aromatic N) is 4. The quantitative estimate of drug-likeness (QED) is 0.636. The third-order valence-corrected chi connectivity index (χ3v) is 4.86. The van der Waals surface area contributed by atoms with Gasteiger partial charge in [0.05, 0.1) is 0 Å². The van der Waals surface area contributed by atoms with Crippen LogP contribution in [0.3, 0.4) is 0 Å². The Morgan fingerprint density at radius 3 is 1.30 bits per heavy atom. The van der Waals surface area contributed by atoms with Crippen LogP contribution in [0, 0.1) is 11.8 Å². The van der Waals surface area contributed by atoms with E-state index in [9.17, 15) is 19.8 Å². The maximum Gasteiger partial charge on any atom is 0.323 e. The molecule has 0 aromatic rings. The van der Waals surface area contributed by atoms with Gasteiger partial charge in [0.15, 0.2) is 0 Å². The third-order valence-electron chi connectivity index (χ3n) is 4.86. The molecule has 0 radical (unpaired) electrons. The molecule has 4 saturated heterocycles. The summed E-state index contributed by atoms with van der Waals surface area (Å²) in [5.74, 6) is -0.152. The molecule has 0 bridgehead atoms. The summed E-state index contributed by atoms with van der Waals surface area (Å²) in [6.07, 6.45) is -0.449. The molecule has 4 fully saturated rings. The van der Waals surface area contributed by atoms with Crippen molar-refractivity contribution in [2.24, 2.45) is 11.8 Å². The van der Waals surface area contributed by atoms with Crippen LogP contribution in [0.4, 0.5) is 9.59 Å². The molecule has 4 heterocycles. The van der Waals surface area contributed by atoms with Crippen molar-refractivity contribution >= 4 is 12.1 Å². The summed E-state index contributed by atoms with van der Waals surface area (Å²) in [6, 6.07) is -0.169. The van der Waals surface area contributed by atoms with E-state index in [-0.39, 0.29) is 49.4 Å². The van der Waals surface area contributed by atoms with Crippen LogP contribution in [0.1, 0.15) is 0 Å². The van der Waals surface area contributed by atoms with Gasteiger partial charge in [-0.05, 0) is 0 Å². The van der Waals surface area contributed by atoms with Crippen molar-refractivity contribution in [3.05, 3.63) is 0 Å². The lowest BCUT2D eigenvalue weighted by molar-refractivity contribution is 0.0283. The van der Waals surface area contributed by atoms with Crippen molar-refractivity contribution < 1.29 is 19.8 Å². The van der Waals surface area contributed by atoms with E-state index < -0.39 is 0 Å². The van der Waals surface area contributed by atoms with Crippen LogP contribution >= 0.6 is 0 Å². The van der Waals surface area contributed by atoms with E-state index in [0.717, 1.165) is 0 Å². The van der Waals surface area contributed by atoms with Crippen molar-refractivity contribution in [3.8, 4) is 0 Å². The highest BCUT2D eigenvalue weighted by atomic mass is 16.3. The van der Waals surface area contributed by atoms with Crippen LogP contribution in [-0.2, 0) is 0 Å². The van der Waals surface area contributed by atoms with E-state index in [0.29, 0.717) is 26.2 Å². The number of aliphatic hydroxyl groups is 2. The van der Waals surface area contributed by atoms with Crippen LogP contribution in [0.25, 0.3) is 0 Å². The first kappa shape index (κ1) is 12.2. The second-order valence-electron chi connectivity index (χ2n) is 6.10. The van der Waals surface area contributed by atoms with Gasteiger partial charge < -0.3 is 10.2 Å². The molecule has 0 spiro atoms. The van der Waals surface area contributed by atoms with Crippen LogP contribution in [0.2, 0.25) is 0 Å². The number of rotatable bonds is 2. The van der Waals surface area contributed by atoms with E-state index >= 15 is 0 Å². The summed E-state index contributed by atoms with van der Waals surface area (Å²) < 4.78 is 0. The van der Waals surface area contributed by atoms with Gasteiger partial charge in [-0.1, -0.05) is 0 Å². The largest absolute Gasteiger partial charge is 0.396 e. The van der Waals surface area contributed by atoms with E-state index in [1.54, 1.807) is 19.6 Å². The van der Waals surface area contributed by atoms with E-state index in [2.05, 4.69) is 0 Å². The van der Waals surface area contributed by atoms with Gasteiger partial charge in [0.25, 0.3) is 0 Å². The summed E-state index contributed by atoms with van der Waals surface area (Å²) >= 11 is 0. The van der Waals surface area contributed by atoms with Crippen molar-refractivity contribution in [1.29, 1.82) is 0 Å². The zero-order valence-corrected chi connectivity index (χ0v) is 11.1. The first-order valence-electron chi connectivity index (χ1n) is 7.02. The SMILES string of the molecule is O=C1N2CC(CO)CN3C(=O)N4CC(CO)CN1C4C23. The minimum Gasteiger partial charge on any atom is -0.396 e. The molecule has 2 N–H and O–H groups in total. The third kappa shape index (κ3) is 1.33. The van der Waals surface area contributed by atoms with Crippen LogP contribution in [-0.4, -0.2) is 93.6 Å². The van der Waals surface area contributed by atoms with E-state index in [4.69, 9.17) is 0 Å². The fourth-order valence-corrected chi connectivity index (χ4v) is 3.97. The topological polar surface area (TPSA) is 87.6 Å². The van der Waals surface area contributed by atoms with Gasteiger partial charge >= 0.3 is 12.1 Å². The number of aliphatic hydroxyl groups excluding tert-OH is 2. The molecule has 8 heteroatoms. The first-order chi connectivity index (χ1) is 9.65. The second-order valence-corrected chi connectivity index (χ2v) is 6.10. The van der Waals surface area contributed by atoms with Gasteiger partial charge in [0.1, 0.15) is 12.3 Å². The highest BCUT2D eigenvalue weighted by Gasteiger charge is 2.63. The lowest BCUT2D eigenvalue weighted by Gasteiger charge is -2.39. The molecule has 4 aliphatic heterocycles. The maximum atomic E-state index is 12.5. The number of hydrogen-bond acceptors (Lipinski definition) is 4. The molecule has 4 aliphatic rings. The van der Waals surface area contributed by atoms with E-state index in [1.165, 1.54) is 0 Å². The minimum atomic E-state index is -0.225. The number of carbonyl (C=O) groups excluding carboxylic acids is 2. The van der Waals surface area contributed by atoms with Crippen molar-refractivity contribution in [2.75, 3.05) is 39.4 Å². The molecular weight excluding hydrogens is 264 g/mol. The molecule has 4 amide bonds. The molecule has 0 unspecified atom stereocenters. The first-order valence-corrected chi connectivity index (χ1v) is 7.02.